The third kappa shape index (κ3) is 3.28. The van der Waals surface area contributed by atoms with Crippen LogP contribution in [0.1, 0.15) is 25.7 Å². The molecule has 0 radical (unpaired) electrons. The maximum Gasteiger partial charge on any atom is 0.317 e. The quantitative estimate of drug-likeness (QED) is 0.763. The molecule has 0 saturated carbocycles. The van der Waals surface area contributed by atoms with E-state index in [4.69, 9.17) is 0 Å². The third-order valence-corrected chi connectivity index (χ3v) is 4.59. The molecular formula is C11H20N2O2S. The minimum atomic E-state index is -0.333. The van der Waals surface area contributed by atoms with Crippen molar-refractivity contribution in [3.05, 3.63) is 0 Å². The lowest BCUT2D eigenvalue weighted by Crippen LogP contribution is -2.48. The number of aliphatic hydroxyl groups excluding tert-OH is 1. The third-order valence-electron chi connectivity index (χ3n) is 3.19. The van der Waals surface area contributed by atoms with Gasteiger partial charge >= 0.3 is 6.03 Å². The average Bonchev–Trinajstić information content (AvgIpc) is 2.78. The van der Waals surface area contributed by atoms with Crippen LogP contribution in [0.25, 0.3) is 0 Å². The number of aliphatic hydroxyl groups is 1. The van der Waals surface area contributed by atoms with Crippen LogP contribution in [0.2, 0.25) is 0 Å². The summed E-state index contributed by atoms with van der Waals surface area (Å²) >= 11 is 1.95. The number of nitrogens with one attached hydrogen (secondary N) is 1. The SMILES string of the molecule is O=C(NCC1CCCS1)N1CCCC(O)C1. The van der Waals surface area contributed by atoms with E-state index < -0.39 is 0 Å². The Kier molecular flexibility index (Phi) is 4.35. The second kappa shape index (κ2) is 5.77. The van der Waals surface area contributed by atoms with Crippen molar-refractivity contribution in [1.82, 2.24) is 10.2 Å². The Hall–Kier alpha value is -0.420. The summed E-state index contributed by atoms with van der Waals surface area (Å²) in [5.74, 6) is 1.23. The Bertz CT molecular complexity index is 244. The standard InChI is InChI=1S/C11H20N2O2S/c14-9-3-1-5-13(8-9)11(15)12-7-10-4-2-6-16-10/h9-10,14H,1-8H2,(H,12,15). The van der Waals surface area contributed by atoms with E-state index in [2.05, 4.69) is 5.32 Å². The minimum Gasteiger partial charge on any atom is -0.391 e. The van der Waals surface area contributed by atoms with Crippen LogP contribution in [0.3, 0.4) is 0 Å². The summed E-state index contributed by atoms with van der Waals surface area (Å²) in [6.07, 6.45) is 3.89. The number of nitrogens with zero attached hydrogens (tertiary/aromatic N) is 1. The molecule has 2 aliphatic heterocycles. The molecule has 92 valence electrons. The van der Waals surface area contributed by atoms with Crippen LogP contribution in [-0.4, -0.2) is 52.8 Å². The number of amides is 2. The lowest BCUT2D eigenvalue weighted by Gasteiger charge is -2.30. The number of carbonyl (C=O) groups is 1. The van der Waals surface area contributed by atoms with E-state index in [9.17, 15) is 9.90 Å². The summed E-state index contributed by atoms with van der Waals surface area (Å²) in [7, 11) is 0. The van der Waals surface area contributed by atoms with Crippen LogP contribution in [0.5, 0.6) is 0 Å². The second-order valence-corrected chi connectivity index (χ2v) is 5.97. The van der Waals surface area contributed by atoms with Crippen molar-refractivity contribution in [2.45, 2.75) is 37.0 Å². The summed E-state index contributed by atoms with van der Waals surface area (Å²) in [6, 6.07) is -0.00810. The molecular weight excluding hydrogens is 224 g/mol. The van der Waals surface area contributed by atoms with Gasteiger partial charge in [0.1, 0.15) is 0 Å². The summed E-state index contributed by atoms with van der Waals surface area (Å²) < 4.78 is 0. The molecule has 2 heterocycles. The van der Waals surface area contributed by atoms with Crippen LogP contribution in [0.4, 0.5) is 4.79 Å². The van der Waals surface area contributed by atoms with Gasteiger partial charge in [0.15, 0.2) is 0 Å². The maximum absolute atomic E-state index is 11.8. The Labute approximate surface area is 101 Å². The van der Waals surface area contributed by atoms with Gasteiger partial charge in [0, 0.05) is 24.9 Å². The Morgan fingerprint density at radius 2 is 2.31 bits per heavy atom. The van der Waals surface area contributed by atoms with Crippen LogP contribution >= 0.6 is 11.8 Å². The van der Waals surface area contributed by atoms with Gasteiger partial charge in [-0.15, -0.1) is 0 Å². The highest BCUT2D eigenvalue weighted by atomic mass is 32.2. The van der Waals surface area contributed by atoms with Gasteiger partial charge in [-0.1, -0.05) is 0 Å². The largest absolute Gasteiger partial charge is 0.391 e. The normalized spacial score (nSPS) is 30.4. The summed E-state index contributed by atoms with van der Waals surface area (Å²) in [6.45, 7) is 2.04. The fourth-order valence-electron chi connectivity index (χ4n) is 2.26. The first-order chi connectivity index (χ1) is 7.75. The van der Waals surface area contributed by atoms with E-state index in [1.54, 1.807) is 4.90 Å². The molecule has 2 rings (SSSR count). The Morgan fingerprint density at radius 3 is 3.00 bits per heavy atom. The van der Waals surface area contributed by atoms with Gasteiger partial charge in [0.25, 0.3) is 0 Å². The number of thioether (sulfide) groups is 1. The zero-order chi connectivity index (χ0) is 11.4. The average molecular weight is 244 g/mol. The van der Waals surface area contributed by atoms with Crippen LogP contribution in [0.15, 0.2) is 0 Å². The molecule has 2 fully saturated rings. The van der Waals surface area contributed by atoms with Crippen molar-refractivity contribution in [3.8, 4) is 0 Å². The lowest BCUT2D eigenvalue weighted by atomic mass is 10.1. The smallest absolute Gasteiger partial charge is 0.317 e. The van der Waals surface area contributed by atoms with Crippen molar-refractivity contribution < 1.29 is 9.90 Å². The van der Waals surface area contributed by atoms with E-state index in [-0.39, 0.29) is 12.1 Å². The molecule has 0 aromatic rings. The van der Waals surface area contributed by atoms with Gasteiger partial charge < -0.3 is 15.3 Å². The van der Waals surface area contributed by atoms with Crippen LogP contribution in [0, 0.1) is 0 Å². The highest BCUT2D eigenvalue weighted by Gasteiger charge is 2.23. The van der Waals surface area contributed by atoms with Gasteiger partial charge in [-0.25, -0.2) is 4.79 Å². The molecule has 16 heavy (non-hydrogen) atoms. The zero-order valence-electron chi connectivity index (χ0n) is 9.52. The predicted octanol–water partition coefficient (Wildman–Crippen LogP) is 1.05. The van der Waals surface area contributed by atoms with Gasteiger partial charge in [-0.2, -0.15) is 11.8 Å². The number of likely N-dealkylation sites (tertiary alicyclic amines) is 1. The summed E-state index contributed by atoms with van der Waals surface area (Å²) in [5.41, 5.74) is 0. The fourth-order valence-corrected chi connectivity index (χ4v) is 3.46. The lowest BCUT2D eigenvalue weighted by molar-refractivity contribution is 0.0843. The molecule has 5 heteroatoms. The molecule has 4 nitrogen and oxygen atoms in total. The first-order valence-electron chi connectivity index (χ1n) is 6.08. The van der Waals surface area contributed by atoms with E-state index in [1.165, 1.54) is 18.6 Å². The Morgan fingerprint density at radius 1 is 1.44 bits per heavy atom. The van der Waals surface area contributed by atoms with Gasteiger partial charge in [0.05, 0.1) is 6.10 Å². The Balaban J connectivity index is 1.70. The summed E-state index contributed by atoms with van der Waals surface area (Å²) in [5, 5.41) is 13.0. The maximum atomic E-state index is 11.8. The first-order valence-corrected chi connectivity index (χ1v) is 7.13. The molecule has 2 amide bonds. The summed E-state index contributed by atoms with van der Waals surface area (Å²) in [4.78, 5) is 13.5. The minimum absolute atomic E-state index is 0.00810. The molecule has 0 aliphatic carbocycles. The van der Waals surface area contributed by atoms with Crippen molar-refractivity contribution >= 4 is 17.8 Å². The van der Waals surface area contributed by atoms with Crippen molar-refractivity contribution in [2.24, 2.45) is 0 Å². The zero-order valence-corrected chi connectivity index (χ0v) is 10.3. The number of hydrogen-bond donors (Lipinski definition) is 2. The topological polar surface area (TPSA) is 52.6 Å². The number of hydrogen-bond acceptors (Lipinski definition) is 3. The van der Waals surface area contributed by atoms with Crippen molar-refractivity contribution in [3.63, 3.8) is 0 Å². The van der Waals surface area contributed by atoms with Crippen LogP contribution < -0.4 is 5.32 Å². The predicted molar refractivity (Wildman–Crippen MR) is 65.7 cm³/mol. The molecule has 2 aliphatic rings. The second-order valence-electron chi connectivity index (χ2n) is 4.56. The number of piperidine rings is 1. The van der Waals surface area contributed by atoms with Gasteiger partial charge in [0.2, 0.25) is 0 Å². The van der Waals surface area contributed by atoms with Crippen molar-refractivity contribution in [2.75, 3.05) is 25.4 Å². The van der Waals surface area contributed by atoms with E-state index >= 15 is 0 Å². The van der Waals surface area contributed by atoms with Gasteiger partial charge in [-0.3, -0.25) is 0 Å². The van der Waals surface area contributed by atoms with E-state index in [0.29, 0.717) is 11.8 Å². The van der Waals surface area contributed by atoms with Crippen molar-refractivity contribution in [1.29, 1.82) is 0 Å². The highest BCUT2D eigenvalue weighted by Crippen LogP contribution is 2.25. The first kappa shape index (κ1) is 12.0. The molecule has 0 aromatic heterocycles. The molecule has 0 aromatic carbocycles. The highest BCUT2D eigenvalue weighted by molar-refractivity contribution is 8.00. The molecule has 2 saturated heterocycles. The monoisotopic (exact) mass is 244 g/mol. The van der Waals surface area contributed by atoms with Crippen LogP contribution in [-0.2, 0) is 0 Å². The van der Waals surface area contributed by atoms with E-state index in [1.807, 2.05) is 11.8 Å². The van der Waals surface area contributed by atoms with Gasteiger partial charge in [-0.05, 0) is 31.4 Å². The number of carbonyl (C=O) groups excluding carboxylic acids is 1. The number of urea groups is 1. The number of rotatable bonds is 2. The molecule has 2 atom stereocenters. The number of β-amino-alcohol motifs (C(OH)–C–C–N with tert-alkyl or cyclic N) is 1. The molecule has 2 N–H and O–H groups in total. The fraction of sp³-hybridized carbons (Fsp3) is 0.909. The van der Waals surface area contributed by atoms with E-state index in [0.717, 1.165) is 25.9 Å². The molecule has 0 spiro atoms. The molecule has 0 bridgehead atoms. The molecule has 2 unspecified atom stereocenters.